The molecule has 1 aromatic carbocycles. The number of carbonyl (C=O) groups excluding carboxylic acids is 1. The zero-order valence-electron chi connectivity index (χ0n) is 16.0. The van der Waals surface area contributed by atoms with Crippen LogP contribution in [-0.2, 0) is 0 Å². The minimum atomic E-state index is -4.24. The number of carbonyl (C=O) groups is 1. The fraction of sp³-hybridized carbons (Fsp3) is 0.556. The molecule has 0 saturated heterocycles. The predicted molar refractivity (Wildman–Crippen MR) is 101 cm³/mol. The van der Waals surface area contributed by atoms with Gasteiger partial charge in [-0.15, -0.1) is 0 Å². The molecule has 0 spiro atoms. The van der Waals surface area contributed by atoms with Gasteiger partial charge in [-0.3, -0.25) is 14.9 Å². The highest BCUT2D eigenvalue weighted by Crippen LogP contribution is 2.38. The van der Waals surface area contributed by atoms with Crippen molar-refractivity contribution in [2.45, 2.75) is 37.9 Å². The Morgan fingerprint density at radius 3 is 2.45 bits per heavy atom. The first-order valence-corrected chi connectivity index (χ1v) is 9.04. The lowest BCUT2D eigenvalue weighted by Crippen LogP contribution is -2.40. The lowest BCUT2D eigenvalue weighted by atomic mass is 9.85. The average molecular weight is 413 g/mol. The fourth-order valence-electron chi connectivity index (χ4n) is 3.45. The molecule has 0 heterocycles. The molecule has 2 rings (SSSR count). The van der Waals surface area contributed by atoms with Gasteiger partial charge in [-0.2, -0.15) is 18.4 Å². The number of rotatable bonds is 6. The van der Waals surface area contributed by atoms with Crippen molar-refractivity contribution in [2.24, 2.45) is 5.92 Å². The van der Waals surface area contributed by atoms with E-state index in [1.165, 1.54) is 18.0 Å². The molecule has 0 radical (unpaired) electrons. The summed E-state index contributed by atoms with van der Waals surface area (Å²) in [5.74, 6) is -1.99. The van der Waals surface area contributed by atoms with E-state index in [0.29, 0.717) is 5.69 Å². The summed E-state index contributed by atoms with van der Waals surface area (Å²) in [6, 6.07) is 4.02. The highest BCUT2D eigenvalue weighted by Gasteiger charge is 2.41. The summed E-state index contributed by atoms with van der Waals surface area (Å²) >= 11 is 0. The average Bonchev–Trinajstić information content (AvgIpc) is 2.66. The molecule has 1 fully saturated rings. The molecule has 1 aromatic rings. The first-order chi connectivity index (χ1) is 13.6. The lowest BCUT2D eigenvalue weighted by Gasteiger charge is -2.30. The number of nitro benzene ring substituents is 1. The summed E-state index contributed by atoms with van der Waals surface area (Å²) in [6.45, 7) is -0.0576. The van der Waals surface area contributed by atoms with Gasteiger partial charge in [0, 0.05) is 26.2 Å². The summed E-state index contributed by atoms with van der Waals surface area (Å²) in [6.07, 6.45) is -4.04. The van der Waals surface area contributed by atoms with Crippen LogP contribution >= 0.6 is 0 Å². The number of halogens is 3. The van der Waals surface area contributed by atoms with Crippen molar-refractivity contribution in [1.29, 1.82) is 5.26 Å². The largest absolute Gasteiger partial charge is 0.391 e. The molecule has 11 heteroatoms. The zero-order valence-corrected chi connectivity index (χ0v) is 16.0. The van der Waals surface area contributed by atoms with E-state index in [-0.39, 0.29) is 49.2 Å². The van der Waals surface area contributed by atoms with Crippen molar-refractivity contribution in [3.63, 3.8) is 0 Å². The number of nitro groups is 1. The molecule has 0 aromatic heterocycles. The quantitative estimate of drug-likeness (QED) is 0.420. The molecule has 29 heavy (non-hydrogen) atoms. The van der Waals surface area contributed by atoms with E-state index in [1.54, 1.807) is 7.05 Å². The molecular weight excluding hydrogens is 391 g/mol. The lowest BCUT2D eigenvalue weighted by molar-refractivity contribution is -0.383. The number of nitrogens with one attached hydrogen (secondary N) is 2. The van der Waals surface area contributed by atoms with Crippen LogP contribution in [0.1, 0.15) is 36.0 Å². The Labute approximate surface area is 165 Å². The third kappa shape index (κ3) is 5.28. The number of alkyl halides is 3. The minimum absolute atomic E-state index is 0.00797. The summed E-state index contributed by atoms with van der Waals surface area (Å²) in [5.41, 5.74) is 0.166. The van der Waals surface area contributed by atoms with Crippen LogP contribution in [0.15, 0.2) is 12.1 Å². The van der Waals surface area contributed by atoms with E-state index in [2.05, 4.69) is 10.6 Å². The molecule has 158 valence electrons. The van der Waals surface area contributed by atoms with E-state index in [1.807, 2.05) is 6.07 Å². The Kier molecular flexibility index (Phi) is 6.89. The number of anilines is 2. The Hall–Kier alpha value is -3.03. The summed E-state index contributed by atoms with van der Waals surface area (Å²) in [4.78, 5) is 25.0. The van der Waals surface area contributed by atoms with Crippen LogP contribution in [0.25, 0.3) is 0 Å². The second-order valence-electron chi connectivity index (χ2n) is 6.97. The second kappa shape index (κ2) is 8.98. The van der Waals surface area contributed by atoms with Gasteiger partial charge in [-0.25, -0.2) is 0 Å². The predicted octanol–water partition coefficient (Wildman–Crippen LogP) is 3.45. The molecular formula is C18H22F3N5O3. The first kappa shape index (κ1) is 22.3. The van der Waals surface area contributed by atoms with Crippen molar-refractivity contribution >= 4 is 23.0 Å². The summed E-state index contributed by atoms with van der Waals surface area (Å²) in [5, 5.41) is 25.7. The fourth-order valence-corrected chi connectivity index (χ4v) is 3.45. The normalized spacial score (nSPS) is 19.2. The third-order valence-electron chi connectivity index (χ3n) is 5.07. The van der Waals surface area contributed by atoms with E-state index < -0.39 is 29.0 Å². The minimum Gasteiger partial charge on any atom is -0.383 e. The number of nitrogens with zero attached hydrogens (tertiary/aromatic N) is 3. The van der Waals surface area contributed by atoms with Crippen LogP contribution in [0.2, 0.25) is 0 Å². The maximum absolute atomic E-state index is 12.8. The first-order valence-electron chi connectivity index (χ1n) is 9.04. The molecule has 0 unspecified atom stereocenters. The summed E-state index contributed by atoms with van der Waals surface area (Å²) < 4.78 is 38.4. The molecule has 1 saturated carbocycles. The molecule has 1 aliphatic carbocycles. The third-order valence-corrected chi connectivity index (χ3v) is 5.07. The van der Waals surface area contributed by atoms with Gasteiger partial charge in [0.2, 0.25) is 0 Å². The van der Waals surface area contributed by atoms with Gasteiger partial charge < -0.3 is 15.5 Å². The smallest absolute Gasteiger partial charge is 0.383 e. The highest BCUT2D eigenvalue weighted by atomic mass is 19.4. The van der Waals surface area contributed by atoms with Crippen LogP contribution in [0.5, 0.6) is 0 Å². The van der Waals surface area contributed by atoms with Crippen molar-refractivity contribution in [3.05, 3.63) is 27.8 Å². The van der Waals surface area contributed by atoms with E-state index >= 15 is 0 Å². The maximum Gasteiger partial charge on any atom is 0.391 e. The van der Waals surface area contributed by atoms with Crippen molar-refractivity contribution < 1.29 is 22.9 Å². The highest BCUT2D eigenvalue weighted by molar-refractivity contribution is 6.02. The number of benzene rings is 1. The number of hydrogen-bond acceptors (Lipinski definition) is 6. The second-order valence-corrected chi connectivity index (χ2v) is 6.97. The Bertz CT molecular complexity index is 814. The zero-order chi connectivity index (χ0) is 21.8. The monoisotopic (exact) mass is 413 g/mol. The van der Waals surface area contributed by atoms with E-state index in [4.69, 9.17) is 5.26 Å². The topological polar surface area (TPSA) is 111 Å². The van der Waals surface area contributed by atoms with E-state index in [0.717, 1.165) is 6.07 Å². The summed E-state index contributed by atoms with van der Waals surface area (Å²) in [7, 11) is 3.06. The van der Waals surface area contributed by atoms with Crippen LogP contribution in [-0.4, -0.2) is 43.7 Å². The standard InChI is InChI=1S/C18H22F3N5O3/c1-23-14-10-15(25(2)8-7-22)13(9-16(14)26(28)29)17(27)24-12-5-3-11(4-6-12)18(19,20)21/h9-12,23H,3-6,8H2,1-2H3,(H,24,27)/t11-,12-. The van der Waals surface area contributed by atoms with Gasteiger partial charge in [0.1, 0.15) is 12.2 Å². The van der Waals surface area contributed by atoms with Gasteiger partial charge in [-0.1, -0.05) is 0 Å². The van der Waals surface area contributed by atoms with Crippen LogP contribution in [0.4, 0.5) is 30.2 Å². The molecule has 2 N–H and O–H groups in total. The Morgan fingerprint density at radius 1 is 1.34 bits per heavy atom. The molecule has 1 amide bonds. The van der Waals surface area contributed by atoms with Crippen LogP contribution in [0.3, 0.4) is 0 Å². The van der Waals surface area contributed by atoms with Crippen LogP contribution < -0.4 is 15.5 Å². The van der Waals surface area contributed by atoms with Crippen molar-refractivity contribution in [2.75, 3.05) is 30.9 Å². The van der Waals surface area contributed by atoms with Gasteiger partial charge in [-0.05, 0) is 31.7 Å². The Balaban J connectivity index is 2.27. The molecule has 1 aliphatic rings. The van der Waals surface area contributed by atoms with E-state index in [9.17, 15) is 28.1 Å². The molecule has 0 aliphatic heterocycles. The van der Waals surface area contributed by atoms with Gasteiger partial charge in [0.15, 0.2) is 0 Å². The van der Waals surface area contributed by atoms with Crippen molar-refractivity contribution in [3.8, 4) is 6.07 Å². The number of amides is 1. The van der Waals surface area contributed by atoms with Gasteiger partial charge >= 0.3 is 6.18 Å². The maximum atomic E-state index is 12.8. The number of hydrogen-bond donors (Lipinski definition) is 2. The van der Waals surface area contributed by atoms with Crippen LogP contribution in [0, 0.1) is 27.4 Å². The molecule has 0 atom stereocenters. The van der Waals surface area contributed by atoms with Gasteiger partial charge in [0.25, 0.3) is 11.6 Å². The SMILES string of the molecule is CNc1cc(N(C)CC#N)c(C(=O)N[C@H]2CC[C@H](C(F)(F)F)CC2)cc1[N+](=O)[O-]. The Morgan fingerprint density at radius 2 is 1.97 bits per heavy atom. The number of nitriles is 1. The molecule has 8 nitrogen and oxygen atoms in total. The molecule has 0 bridgehead atoms. The van der Waals surface area contributed by atoms with Gasteiger partial charge in [0.05, 0.1) is 28.2 Å². The van der Waals surface area contributed by atoms with Crippen molar-refractivity contribution in [1.82, 2.24) is 5.32 Å².